The van der Waals surface area contributed by atoms with Crippen molar-refractivity contribution in [1.29, 1.82) is 0 Å². The topological polar surface area (TPSA) is 42.0 Å². The second kappa shape index (κ2) is 14.7. The minimum absolute atomic E-state index is 0.130. The van der Waals surface area contributed by atoms with Crippen molar-refractivity contribution in [2.24, 2.45) is 5.92 Å². The van der Waals surface area contributed by atoms with Gasteiger partial charge in [0, 0.05) is 37.7 Å². The molecule has 0 aliphatic carbocycles. The molecule has 1 atom stereocenters. The van der Waals surface area contributed by atoms with Gasteiger partial charge in [0.15, 0.2) is 0 Å². The molecule has 41 heavy (non-hydrogen) atoms. The standard InChI is InChI=1S/C36H46N2O3/c1-28(2)16-18-37-19-20-40-21-22-41-35-15-14-32(26-33(35)24-30-11-8-12-31(23-30)27-37)36(39)38-17-7-6-13-34(38)25-29-9-4-3-5-10-29/h3-5,8-12,14-15,23,26,28,34H,6-7,13,16-22,24-25,27H2,1-2H3. The highest BCUT2D eigenvalue weighted by Crippen LogP contribution is 2.28. The zero-order valence-electron chi connectivity index (χ0n) is 24.9. The Labute approximate surface area is 246 Å². The van der Waals surface area contributed by atoms with Crippen LogP contribution in [-0.2, 0) is 24.1 Å². The molecule has 3 aromatic rings. The molecule has 2 bridgehead atoms. The Kier molecular flexibility index (Phi) is 10.5. The number of amides is 1. The van der Waals surface area contributed by atoms with E-state index in [9.17, 15) is 4.79 Å². The van der Waals surface area contributed by atoms with Crippen LogP contribution in [0.25, 0.3) is 0 Å². The van der Waals surface area contributed by atoms with Gasteiger partial charge in [-0.1, -0.05) is 68.4 Å². The van der Waals surface area contributed by atoms with Gasteiger partial charge in [-0.3, -0.25) is 9.69 Å². The number of benzene rings is 3. The normalized spacial score (nSPS) is 18.8. The number of hydrogen-bond acceptors (Lipinski definition) is 4. The summed E-state index contributed by atoms with van der Waals surface area (Å²) in [5, 5.41) is 0. The van der Waals surface area contributed by atoms with Crippen LogP contribution in [0.1, 0.15) is 72.1 Å². The smallest absolute Gasteiger partial charge is 0.254 e. The van der Waals surface area contributed by atoms with Crippen LogP contribution in [0.15, 0.2) is 72.8 Å². The summed E-state index contributed by atoms with van der Waals surface area (Å²) >= 11 is 0. The molecule has 3 aromatic carbocycles. The van der Waals surface area contributed by atoms with Gasteiger partial charge >= 0.3 is 0 Å². The summed E-state index contributed by atoms with van der Waals surface area (Å²) in [5.74, 6) is 1.65. The Hall–Kier alpha value is -3.15. The Morgan fingerprint density at radius 3 is 2.61 bits per heavy atom. The summed E-state index contributed by atoms with van der Waals surface area (Å²) in [6, 6.07) is 25.7. The molecule has 2 aliphatic heterocycles. The number of nitrogens with zero attached hydrogens (tertiary/aromatic N) is 2. The molecule has 0 saturated carbocycles. The summed E-state index contributed by atoms with van der Waals surface area (Å²) in [6.45, 7) is 10.0. The van der Waals surface area contributed by atoms with E-state index in [1.807, 2.05) is 12.1 Å². The van der Waals surface area contributed by atoms with Gasteiger partial charge in [0.05, 0.1) is 13.2 Å². The summed E-state index contributed by atoms with van der Waals surface area (Å²) < 4.78 is 12.2. The lowest BCUT2D eigenvalue weighted by molar-refractivity contribution is 0.0613. The van der Waals surface area contributed by atoms with Crippen LogP contribution < -0.4 is 4.74 Å². The Bertz CT molecular complexity index is 1260. The van der Waals surface area contributed by atoms with Crippen LogP contribution in [0.3, 0.4) is 0 Å². The molecular weight excluding hydrogens is 508 g/mol. The van der Waals surface area contributed by atoms with E-state index in [1.165, 1.54) is 29.5 Å². The number of rotatable bonds is 6. The molecule has 0 aromatic heterocycles. The van der Waals surface area contributed by atoms with Gasteiger partial charge in [-0.25, -0.2) is 0 Å². The van der Waals surface area contributed by atoms with Crippen molar-refractivity contribution in [2.45, 2.75) is 65.0 Å². The first-order chi connectivity index (χ1) is 20.0. The van der Waals surface area contributed by atoms with Gasteiger partial charge in [-0.15, -0.1) is 0 Å². The van der Waals surface area contributed by atoms with Crippen molar-refractivity contribution in [3.63, 3.8) is 0 Å². The SMILES string of the molecule is CC(C)CCN1CCOCCOc2ccc(C(=O)N3CCCCC3Cc3ccccc3)cc2Cc2cccc(c2)C1. The number of fused-ring (bicyclic) bond motifs is 3. The molecule has 0 radical (unpaired) electrons. The molecule has 5 rings (SSSR count). The zero-order chi connectivity index (χ0) is 28.4. The van der Waals surface area contributed by atoms with Crippen molar-refractivity contribution in [3.8, 4) is 5.75 Å². The van der Waals surface area contributed by atoms with Crippen LogP contribution in [0.4, 0.5) is 0 Å². The maximum Gasteiger partial charge on any atom is 0.254 e. The van der Waals surface area contributed by atoms with E-state index in [-0.39, 0.29) is 11.9 Å². The molecular formula is C36H46N2O3. The molecule has 1 amide bonds. The van der Waals surface area contributed by atoms with Crippen molar-refractivity contribution in [3.05, 3.63) is 101 Å². The first kappa shape index (κ1) is 29.3. The predicted molar refractivity (Wildman–Crippen MR) is 166 cm³/mol. The second-order valence-corrected chi connectivity index (χ2v) is 12.1. The van der Waals surface area contributed by atoms with Crippen molar-refractivity contribution >= 4 is 5.91 Å². The predicted octanol–water partition coefficient (Wildman–Crippen LogP) is 6.77. The van der Waals surface area contributed by atoms with E-state index < -0.39 is 0 Å². The van der Waals surface area contributed by atoms with Crippen molar-refractivity contribution in [1.82, 2.24) is 9.80 Å². The first-order valence-corrected chi connectivity index (χ1v) is 15.5. The van der Waals surface area contributed by atoms with Crippen LogP contribution >= 0.6 is 0 Å². The third-order valence-electron chi connectivity index (χ3n) is 8.36. The average molecular weight is 555 g/mol. The summed E-state index contributed by atoms with van der Waals surface area (Å²) in [4.78, 5) is 18.5. The number of likely N-dealkylation sites (tertiary alicyclic amines) is 1. The van der Waals surface area contributed by atoms with Crippen molar-refractivity contribution in [2.75, 3.05) is 39.5 Å². The quantitative estimate of drug-likeness (QED) is 0.337. The number of hydrogen-bond donors (Lipinski definition) is 0. The highest BCUT2D eigenvalue weighted by atomic mass is 16.5. The molecule has 1 saturated heterocycles. The van der Waals surface area contributed by atoms with Gasteiger partial charge in [0.25, 0.3) is 5.91 Å². The van der Waals surface area contributed by atoms with Crippen LogP contribution in [0, 0.1) is 5.92 Å². The molecule has 1 unspecified atom stereocenters. The molecule has 2 aliphatic rings. The molecule has 218 valence electrons. The number of ether oxygens (including phenoxy) is 2. The molecule has 1 fully saturated rings. The Balaban J connectivity index is 1.37. The summed E-state index contributed by atoms with van der Waals surface area (Å²) in [5.41, 5.74) is 5.66. The van der Waals surface area contributed by atoms with Crippen LogP contribution in [0.5, 0.6) is 5.75 Å². The summed E-state index contributed by atoms with van der Waals surface area (Å²) in [7, 11) is 0. The average Bonchev–Trinajstić information content (AvgIpc) is 2.98. The maximum absolute atomic E-state index is 13.9. The Morgan fingerprint density at radius 1 is 0.902 bits per heavy atom. The zero-order valence-corrected chi connectivity index (χ0v) is 24.9. The minimum Gasteiger partial charge on any atom is -0.491 e. The fourth-order valence-corrected chi connectivity index (χ4v) is 6.06. The molecule has 5 nitrogen and oxygen atoms in total. The van der Waals surface area contributed by atoms with E-state index in [2.05, 4.69) is 84.3 Å². The molecule has 5 heteroatoms. The molecule has 0 N–H and O–H groups in total. The monoisotopic (exact) mass is 554 g/mol. The highest BCUT2D eigenvalue weighted by molar-refractivity contribution is 5.95. The maximum atomic E-state index is 13.9. The van der Waals surface area contributed by atoms with Gasteiger partial charge in [-0.05, 0) is 85.0 Å². The number of piperidine rings is 1. The van der Waals surface area contributed by atoms with Gasteiger partial charge in [0.1, 0.15) is 12.4 Å². The fourth-order valence-electron chi connectivity index (χ4n) is 6.06. The molecule has 2 heterocycles. The third-order valence-corrected chi connectivity index (χ3v) is 8.36. The molecule has 0 spiro atoms. The lowest BCUT2D eigenvalue weighted by Crippen LogP contribution is -2.44. The lowest BCUT2D eigenvalue weighted by Gasteiger charge is -2.36. The lowest BCUT2D eigenvalue weighted by atomic mass is 9.94. The van der Waals surface area contributed by atoms with E-state index in [4.69, 9.17) is 9.47 Å². The van der Waals surface area contributed by atoms with Gasteiger partial charge in [-0.2, -0.15) is 0 Å². The summed E-state index contributed by atoms with van der Waals surface area (Å²) in [6.07, 6.45) is 6.09. The van der Waals surface area contributed by atoms with Gasteiger partial charge in [0.2, 0.25) is 0 Å². The largest absolute Gasteiger partial charge is 0.491 e. The Morgan fingerprint density at radius 2 is 1.76 bits per heavy atom. The minimum atomic E-state index is 0.130. The number of carbonyl (C=O) groups is 1. The van der Waals surface area contributed by atoms with E-state index >= 15 is 0 Å². The third kappa shape index (κ3) is 8.43. The fraction of sp³-hybridized carbons (Fsp3) is 0.472. The van der Waals surface area contributed by atoms with E-state index in [1.54, 1.807) is 0 Å². The van der Waals surface area contributed by atoms with E-state index in [0.29, 0.717) is 25.7 Å². The highest BCUT2D eigenvalue weighted by Gasteiger charge is 2.28. The van der Waals surface area contributed by atoms with Crippen molar-refractivity contribution < 1.29 is 14.3 Å². The van der Waals surface area contributed by atoms with E-state index in [0.717, 1.165) is 68.7 Å². The van der Waals surface area contributed by atoms with Gasteiger partial charge < -0.3 is 14.4 Å². The van der Waals surface area contributed by atoms with Crippen LogP contribution in [0.2, 0.25) is 0 Å². The number of carbonyl (C=O) groups excluding carboxylic acids is 1. The first-order valence-electron chi connectivity index (χ1n) is 15.5. The second-order valence-electron chi connectivity index (χ2n) is 12.1. The van der Waals surface area contributed by atoms with Crippen LogP contribution in [-0.4, -0.2) is 61.2 Å².